The summed E-state index contributed by atoms with van der Waals surface area (Å²) in [5.74, 6) is -5.71. The second-order valence-corrected chi connectivity index (χ2v) is 8.42. The molecule has 0 bridgehead atoms. The molecular formula is C18H21F6N3O5. The maximum absolute atomic E-state index is 13.0. The lowest BCUT2D eigenvalue weighted by Crippen LogP contribution is -2.54. The van der Waals surface area contributed by atoms with E-state index in [1.807, 2.05) is 0 Å². The van der Waals surface area contributed by atoms with Gasteiger partial charge in [-0.3, -0.25) is 23.9 Å². The Balaban J connectivity index is 1.74. The number of alkyl halides is 6. The average molecular weight is 473 g/mol. The van der Waals surface area contributed by atoms with Gasteiger partial charge in [0.25, 0.3) is 0 Å². The molecule has 180 valence electrons. The Morgan fingerprint density at radius 3 is 2.34 bits per heavy atom. The van der Waals surface area contributed by atoms with Gasteiger partial charge in [-0.25, -0.2) is 0 Å². The van der Waals surface area contributed by atoms with Crippen LogP contribution in [0.3, 0.4) is 0 Å². The standard InChI is InChI=1S/C18H21F6N3O5/c19-17(20,21)15(31)27-8-16(2-3-16)6-11(27)14(30)26-10(5-9-1-4-25-13(9)29)12(28)7-32-18(22,23)24/h9-11H,1-8H2,(H,25,29)(H,26,30)/t9-,10-,11-/m0/s1. The highest BCUT2D eigenvalue weighted by atomic mass is 19.4. The third kappa shape index (κ3) is 5.70. The number of nitrogens with one attached hydrogen (secondary N) is 2. The molecule has 2 saturated heterocycles. The maximum Gasteiger partial charge on any atom is 0.522 e. The Kier molecular flexibility index (Phi) is 6.46. The van der Waals surface area contributed by atoms with Crippen LogP contribution in [0.4, 0.5) is 26.3 Å². The minimum atomic E-state index is -5.21. The molecule has 0 aromatic heterocycles. The van der Waals surface area contributed by atoms with Crippen molar-refractivity contribution in [2.24, 2.45) is 11.3 Å². The Bertz CT molecular complexity index is 795. The number of ketones is 1. The van der Waals surface area contributed by atoms with Gasteiger partial charge in [-0.05, 0) is 37.5 Å². The van der Waals surface area contributed by atoms with E-state index in [0.717, 1.165) is 0 Å². The number of hydrogen-bond acceptors (Lipinski definition) is 5. The normalized spacial score (nSPS) is 25.6. The lowest BCUT2D eigenvalue weighted by molar-refractivity contribution is -0.321. The zero-order valence-corrected chi connectivity index (χ0v) is 16.6. The molecule has 8 nitrogen and oxygen atoms in total. The van der Waals surface area contributed by atoms with Crippen LogP contribution >= 0.6 is 0 Å². The Labute approximate surface area is 178 Å². The smallest absolute Gasteiger partial charge is 0.356 e. The van der Waals surface area contributed by atoms with E-state index in [2.05, 4.69) is 15.4 Å². The van der Waals surface area contributed by atoms with Crippen molar-refractivity contribution in [3.8, 4) is 0 Å². The number of carbonyl (C=O) groups excluding carboxylic acids is 4. The van der Waals surface area contributed by atoms with Crippen molar-refractivity contribution in [2.45, 2.75) is 56.7 Å². The number of halogens is 6. The SMILES string of the molecule is O=C1NCC[C@H]1C[C@H](NC(=O)[C@@H]1CC2(CC2)CN1C(=O)C(F)(F)F)C(=O)COC(F)(F)F. The molecule has 0 unspecified atom stereocenters. The molecule has 14 heteroatoms. The van der Waals surface area contributed by atoms with Gasteiger partial charge in [0.1, 0.15) is 12.6 Å². The minimum absolute atomic E-state index is 0.0511. The molecule has 3 aliphatic rings. The predicted octanol–water partition coefficient (Wildman–Crippen LogP) is 1.05. The molecule has 2 heterocycles. The first-order chi connectivity index (χ1) is 14.7. The van der Waals surface area contributed by atoms with Crippen molar-refractivity contribution in [2.75, 3.05) is 19.7 Å². The van der Waals surface area contributed by atoms with E-state index < -0.39 is 66.1 Å². The summed E-state index contributed by atoms with van der Waals surface area (Å²) in [5.41, 5.74) is -0.604. The minimum Gasteiger partial charge on any atom is -0.356 e. The summed E-state index contributed by atoms with van der Waals surface area (Å²) in [5, 5.41) is 4.65. The molecule has 3 atom stereocenters. The summed E-state index contributed by atoms with van der Waals surface area (Å²) in [7, 11) is 0. The van der Waals surface area contributed by atoms with Gasteiger partial charge in [-0.2, -0.15) is 13.2 Å². The number of carbonyl (C=O) groups is 4. The van der Waals surface area contributed by atoms with Crippen LogP contribution in [0.15, 0.2) is 0 Å². The number of rotatable bonds is 7. The van der Waals surface area contributed by atoms with Crippen LogP contribution in [0, 0.1) is 11.3 Å². The highest BCUT2D eigenvalue weighted by Crippen LogP contribution is 2.55. The third-order valence-corrected chi connectivity index (χ3v) is 6.04. The van der Waals surface area contributed by atoms with Crippen LogP contribution in [-0.2, 0) is 23.9 Å². The van der Waals surface area contributed by atoms with Crippen molar-refractivity contribution in [3.63, 3.8) is 0 Å². The van der Waals surface area contributed by atoms with E-state index in [1.54, 1.807) is 0 Å². The van der Waals surface area contributed by atoms with E-state index in [0.29, 0.717) is 17.7 Å². The van der Waals surface area contributed by atoms with Crippen molar-refractivity contribution >= 4 is 23.5 Å². The number of ether oxygens (including phenoxy) is 1. The second-order valence-electron chi connectivity index (χ2n) is 8.42. The molecule has 1 spiro atoms. The topological polar surface area (TPSA) is 105 Å². The Morgan fingerprint density at radius 1 is 1.19 bits per heavy atom. The summed E-state index contributed by atoms with van der Waals surface area (Å²) < 4.78 is 79.4. The number of likely N-dealkylation sites (tertiary alicyclic amines) is 1. The van der Waals surface area contributed by atoms with Crippen LogP contribution in [0.1, 0.15) is 32.1 Å². The lowest BCUT2D eigenvalue weighted by atomic mass is 9.95. The number of Topliss-reactive ketones (excluding diaryl/α,β-unsaturated/α-hetero) is 1. The quantitative estimate of drug-likeness (QED) is 0.538. The lowest BCUT2D eigenvalue weighted by Gasteiger charge is -2.27. The Morgan fingerprint density at radius 2 is 1.84 bits per heavy atom. The number of amides is 3. The molecule has 3 amide bonds. The summed E-state index contributed by atoms with van der Waals surface area (Å²) in [6.45, 7) is -1.44. The Hall–Kier alpha value is -2.38. The largest absolute Gasteiger partial charge is 0.522 e. The molecule has 32 heavy (non-hydrogen) atoms. The molecule has 0 aromatic carbocycles. The van der Waals surface area contributed by atoms with Gasteiger partial charge < -0.3 is 15.5 Å². The van der Waals surface area contributed by atoms with Crippen molar-refractivity contribution in [1.29, 1.82) is 0 Å². The van der Waals surface area contributed by atoms with E-state index >= 15 is 0 Å². The zero-order chi connectivity index (χ0) is 23.9. The van der Waals surface area contributed by atoms with Gasteiger partial charge in [0.15, 0.2) is 5.78 Å². The fourth-order valence-corrected chi connectivity index (χ4v) is 4.15. The van der Waals surface area contributed by atoms with Crippen LogP contribution in [0.25, 0.3) is 0 Å². The first-order valence-electron chi connectivity index (χ1n) is 9.90. The van der Waals surface area contributed by atoms with Gasteiger partial charge in [-0.15, -0.1) is 13.2 Å². The fraction of sp³-hybridized carbons (Fsp3) is 0.778. The van der Waals surface area contributed by atoms with Gasteiger partial charge in [0.2, 0.25) is 11.8 Å². The molecule has 0 radical (unpaired) electrons. The van der Waals surface area contributed by atoms with E-state index in [4.69, 9.17) is 0 Å². The van der Waals surface area contributed by atoms with Crippen LogP contribution in [0.5, 0.6) is 0 Å². The van der Waals surface area contributed by atoms with Crippen LogP contribution in [0.2, 0.25) is 0 Å². The highest BCUT2D eigenvalue weighted by Gasteiger charge is 2.59. The van der Waals surface area contributed by atoms with Gasteiger partial charge in [0, 0.05) is 19.0 Å². The fourth-order valence-electron chi connectivity index (χ4n) is 4.15. The van der Waals surface area contributed by atoms with Gasteiger partial charge in [0.05, 0.1) is 6.04 Å². The van der Waals surface area contributed by atoms with E-state index in [1.165, 1.54) is 0 Å². The number of hydrogen-bond donors (Lipinski definition) is 2. The summed E-state index contributed by atoms with van der Waals surface area (Å²) >= 11 is 0. The first kappa shape index (κ1) is 24.3. The van der Waals surface area contributed by atoms with E-state index in [-0.39, 0.29) is 32.4 Å². The van der Waals surface area contributed by atoms with Crippen LogP contribution in [-0.4, -0.2) is 72.7 Å². The van der Waals surface area contributed by atoms with Crippen molar-refractivity contribution in [1.82, 2.24) is 15.5 Å². The molecule has 1 aliphatic carbocycles. The molecule has 2 aliphatic heterocycles. The van der Waals surface area contributed by atoms with Gasteiger partial charge >= 0.3 is 18.4 Å². The van der Waals surface area contributed by atoms with Crippen molar-refractivity contribution in [3.05, 3.63) is 0 Å². The monoisotopic (exact) mass is 473 g/mol. The maximum atomic E-state index is 13.0. The summed E-state index contributed by atoms with van der Waals surface area (Å²) in [6, 6.07) is -3.12. The van der Waals surface area contributed by atoms with Gasteiger partial charge in [-0.1, -0.05) is 0 Å². The molecular weight excluding hydrogens is 452 g/mol. The summed E-state index contributed by atoms with van der Waals surface area (Å²) in [4.78, 5) is 49.1. The zero-order valence-electron chi connectivity index (χ0n) is 16.6. The second kappa shape index (κ2) is 8.52. The third-order valence-electron chi connectivity index (χ3n) is 6.04. The molecule has 2 N–H and O–H groups in total. The predicted molar refractivity (Wildman–Crippen MR) is 92.5 cm³/mol. The molecule has 3 rings (SSSR count). The van der Waals surface area contributed by atoms with E-state index in [9.17, 15) is 45.5 Å². The van der Waals surface area contributed by atoms with Crippen molar-refractivity contribution < 1.29 is 50.3 Å². The first-order valence-corrected chi connectivity index (χ1v) is 9.90. The highest BCUT2D eigenvalue weighted by molar-refractivity contribution is 5.95. The molecule has 1 saturated carbocycles. The number of nitrogens with zero attached hydrogens (tertiary/aromatic N) is 1. The average Bonchev–Trinajstić information content (AvgIpc) is 3.13. The molecule has 0 aromatic rings. The molecule has 3 fully saturated rings. The van der Waals surface area contributed by atoms with Crippen LogP contribution < -0.4 is 10.6 Å². The summed E-state index contributed by atoms with van der Waals surface area (Å²) in [6.07, 6.45) is -9.40.